The lowest BCUT2D eigenvalue weighted by Crippen LogP contribution is -2.45. The summed E-state index contributed by atoms with van der Waals surface area (Å²) in [6.07, 6.45) is -0.371. The van der Waals surface area contributed by atoms with E-state index in [1.54, 1.807) is 0 Å². The van der Waals surface area contributed by atoms with Crippen molar-refractivity contribution in [2.75, 3.05) is 5.01 Å². The summed E-state index contributed by atoms with van der Waals surface area (Å²) in [5.41, 5.74) is 13.2. The molecule has 1 fully saturated rings. The summed E-state index contributed by atoms with van der Waals surface area (Å²) in [5, 5.41) is 2.17. The molecule has 1 heterocycles. The van der Waals surface area contributed by atoms with Crippen molar-refractivity contribution >= 4 is 5.69 Å². The van der Waals surface area contributed by atoms with E-state index in [4.69, 9.17) is 4.74 Å². The molecule has 6 aromatic carbocycles. The first-order valence-electron chi connectivity index (χ1n) is 15.6. The molecule has 7 rings (SSSR count). The Kier molecular flexibility index (Phi) is 7.58. The van der Waals surface area contributed by atoms with Gasteiger partial charge in [-0.25, -0.2) is 0 Å². The predicted molar refractivity (Wildman–Crippen MR) is 186 cm³/mol. The van der Waals surface area contributed by atoms with Gasteiger partial charge in [-0.1, -0.05) is 172 Å². The summed E-state index contributed by atoms with van der Waals surface area (Å²) in [5.74, 6) is 0. The Morgan fingerprint density at radius 3 is 1.38 bits per heavy atom. The van der Waals surface area contributed by atoms with Gasteiger partial charge in [0.2, 0.25) is 0 Å². The number of hydrogen-bond acceptors (Lipinski definition) is 3. The second-order valence-corrected chi connectivity index (χ2v) is 12.7. The fourth-order valence-corrected chi connectivity index (χ4v) is 6.12. The fourth-order valence-electron chi connectivity index (χ4n) is 6.12. The number of benzene rings is 6. The summed E-state index contributed by atoms with van der Waals surface area (Å²) in [6, 6.07) is 57.8. The first-order chi connectivity index (χ1) is 21.9. The van der Waals surface area contributed by atoms with Gasteiger partial charge in [-0.3, -0.25) is 5.01 Å². The lowest BCUT2D eigenvalue weighted by Gasteiger charge is -2.30. The molecule has 0 amide bonds. The van der Waals surface area contributed by atoms with Gasteiger partial charge in [-0.15, -0.1) is 0 Å². The van der Waals surface area contributed by atoms with Crippen LogP contribution in [0.15, 0.2) is 164 Å². The van der Waals surface area contributed by atoms with Gasteiger partial charge in [-0.05, 0) is 45.4 Å². The normalized spacial score (nSPS) is 16.1. The Morgan fingerprint density at radius 1 is 0.511 bits per heavy atom. The number of nitrogens with one attached hydrogen (secondary N) is 1. The van der Waals surface area contributed by atoms with Crippen LogP contribution < -0.4 is 10.4 Å². The quantitative estimate of drug-likeness (QED) is 0.210. The molecule has 1 aliphatic rings. The molecule has 0 aliphatic carbocycles. The number of rotatable bonds is 6. The maximum absolute atomic E-state index is 7.31. The van der Waals surface area contributed by atoms with E-state index in [9.17, 15) is 0 Å². The van der Waals surface area contributed by atoms with Crippen molar-refractivity contribution in [3.05, 3.63) is 186 Å². The highest BCUT2D eigenvalue weighted by atomic mass is 16.6. The molecule has 45 heavy (non-hydrogen) atoms. The summed E-state index contributed by atoms with van der Waals surface area (Å²) < 4.78 is 7.31. The minimum atomic E-state index is -0.937. The van der Waals surface area contributed by atoms with Gasteiger partial charge in [0.1, 0.15) is 0 Å². The maximum Gasteiger partial charge on any atom is 0.190 e. The molecule has 6 aromatic rings. The molecule has 0 bridgehead atoms. The zero-order chi connectivity index (χ0) is 30.9. The highest BCUT2D eigenvalue weighted by molar-refractivity contribution is 5.66. The molecule has 0 spiro atoms. The van der Waals surface area contributed by atoms with Crippen LogP contribution in [0.3, 0.4) is 0 Å². The fraction of sp³-hybridized carbons (Fsp3) is 0.143. The third-order valence-electron chi connectivity index (χ3n) is 8.69. The third-order valence-corrected chi connectivity index (χ3v) is 8.69. The first-order valence-corrected chi connectivity index (χ1v) is 15.6. The van der Waals surface area contributed by atoms with Gasteiger partial charge in [0, 0.05) is 16.7 Å². The Balaban J connectivity index is 1.35. The molecule has 1 unspecified atom stereocenters. The van der Waals surface area contributed by atoms with E-state index in [1.807, 2.05) is 6.07 Å². The average Bonchev–Trinajstić information content (AvgIpc) is 3.51. The summed E-state index contributed by atoms with van der Waals surface area (Å²) >= 11 is 0. The van der Waals surface area contributed by atoms with Crippen molar-refractivity contribution in [2.45, 2.75) is 38.1 Å². The van der Waals surface area contributed by atoms with Crippen LogP contribution in [0.2, 0.25) is 0 Å². The first kappa shape index (κ1) is 28.8. The van der Waals surface area contributed by atoms with Crippen LogP contribution in [-0.2, 0) is 15.9 Å². The standard InChI is InChI=1S/C42H38N2O/c1-41(2,3)36-25-23-35(24-26-36)40-44(39-17-11-6-12-18-39)43-42(45-40,37-27-19-33(20-28-37)31-13-7-4-8-14-31)38-29-21-34(22-30-38)32-15-9-5-10-16-32/h4-30,40,43H,1-3H3. The van der Waals surface area contributed by atoms with Crippen molar-refractivity contribution in [2.24, 2.45) is 0 Å². The van der Waals surface area contributed by atoms with E-state index >= 15 is 0 Å². The molecule has 222 valence electrons. The van der Waals surface area contributed by atoms with E-state index in [2.05, 4.69) is 189 Å². The van der Waals surface area contributed by atoms with Crippen LogP contribution >= 0.6 is 0 Å². The minimum Gasteiger partial charge on any atom is -0.322 e. The summed E-state index contributed by atoms with van der Waals surface area (Å²) in [6.45, 7) is 6.74. The number of hydrogen-bond donors (Lipinski definition) is 1. The molecule has 1 atom stereocenters. The van der Waals surface area contributed by atoms with Crippen LogP contribution in [0, 0.1) is 0 Å². The third kappa shape index (κ3) is 5.69. The molecule has 1 aliphatic heterocycles. The monoisotopic (exact) mass is 586 g/mol. The second kappa shape index (κ2) is 11.9. The van der Waals surface area contributed by atoms with Gasteiger partial charge >= 0.3 is 0 Å². The Bertz CT molecular complexity index is 1760. The smallest absolute Gasteiger partial charge is 0.190 e. The average molecular weight is 587 g/mol. The Labute approximate surface area is 266 Å². The zero-order valence-corrected chi connectivity index (χ0v) is 26.0. The van der Waals surface area contributed by atoms with Crippen LogP contribution in [-0.4, -0.2) is 0 Å². The maximum atomic E-state index is 7.31. The lowest BCUT2D eigenvalue weighted by atomic mass is 9.86. The van der Waals surface area contributed by atoms with E-state index in [0.717, 1.165) is 22.4 Å². The van der Waals surface area contributed by atoms with Crippen molar-refractivity contribution in [1.82, 2.24) is 5.43 Å². The summed E-state index contributed by atoms with van der Waals surface area (Å²) in [4.78, 5) is 0. The number of para-hydroxylation sites is 1. The van der Waals surface area contributed by atoms with E-state index in [0.29, 0.717) is 0 Å². The van der Waals surface area contributed by atoms with Gasteiger partial charge in [0.25, 0.3) is 0 Å². The zero-order valence-electron chi connectivity index (χ0n) is 26.0. The van der Waals surface area contributed by atoms with Gasteiger partial charge < -0.3 is 4.74 Å². The minimum absolute atomic E-state index is 0.0667. The van der Waals surface area contributed by atoms with Gasteiger partial charge in [0.05, 0.1) is 5.69 Å². The molecular formula is C42H38N2O. The second-order valence-electron chi connectivity index (χ2n) is 12.7. The number of hydrazine groups is 1. The lowest BCUT2D eigenvalue weighted by molar-refractivity contribution is -0.0265. The van der Waals surface area contributed by atoms with Crippen molar-refractivity contribution < 1.29 is 4.74 Å². The van der Waals surface area contributed by atoms with Crippen molar-refractivity contribution in [1.29, 1.82) is 0 Å². The highest BCUT2D eigenvalue weighted by Gasteiger charge is 2.48. The Morgan fingerprint density at radius 2 is 0.933 bits per heavy atom. The molecule has 1 N–H and O–H groups in total. The van der Waals surface area contributed by atoms with E-state index < -0.39 is 5.72 Å². The largest absolute Gasteiger partial charge is 0.322 e. The summed E-state index contributed by atoms with van der Waals surface area (Å²) in [7, 11) is 0. The number of anilines is 1. The molecular weight excluding hydrogens is 548 g/mol. The Hall–Kier alpha value is -4.96. The van der Waals surface area contributed by atoms with Crippen LogP contribution in [0.4, 0.5) is 5.69 Å². The van der Waals surface area contributed by atoms with E-state index in [-0.39, 0.29) is 11.6 Å². The van der Waals surface area contributed by atoms with E-state index in [1.165, 1.54) is 27.8 Å². The predicted octanol–water partition coefficient (Wildman–Crippen LogP) is 10.3. The molecule has 0 saturated carbocycles. The highest BCUT2D eigenvalue weighted by Crippen LogP contribution is 2.46. The van der Waals surface area contributed by atoms with Crippen molar-refractivity contribution in [3.8, 4) is 22.3 Å². The molecule has 0 radical (unpaired) electrons. The van der Waals surface area contributed by atoms with Gasteiger partial charge in [-0.2, -0.15) is 5.43 Å². The molecule has 1 saturated heterocycles. The van der Waals surface area contributed by atoms with Crippen LogP contribution in [0.25, 0.3) is 22.3 Å². The van der Waals surface area contributed by atoms with Crippen LogP contribution in [0.1, 0.15) is 49.3 Å². The number of nitrogens with zero attached hydrogens (tertiary/aromatic N) is 1. The molecule has 3 nitrogen and oxygen atoms in total. The molecule has 3 heteroatoms. The van der Waals surface area contributed by atoms with Gasteiger partial charge in [0.15, 0.2) is 12.0 Å². The van der Waals surface area contributed by atoms with Crippen molar-refractivity contribution in [3.63, 3.8) is 0 Å². The van der Waals surface area contributed by atoms with Crippen LogP contribution in [0.5, 0.6) is 0 Å². The topological polar surface area (TPSA) is 24.5 Å². The molecule has 0 aromatic heterocycles. The number of ether oxygens (including phenoxy) is 1. The SMILES string of the molecule is CC(C)(C)c1ccc(C2OC(c3ccc(-c4ccccc4)cc3)(c3ccc(-c4ccccc4)cc3)NN2c2ccccc2)cc1.